The quantitative estimate of drug-likeness (QED) is 0.0927. The van der Waals surface area contributed by atoms with Crippen molar-refractivity contribution in [2.24, 2.45) is 17.2 Å². The van der Waals surface area contributed by atoms with E-state index >= 15 is 0 Å². The Labute approximate surface area is 222 Å². The molecule has 0 saturated heterocycles. The van der Waals surface area contributed by atoms with Crippen molar-refractivity contribution < 1.29 is 48.9 Å². The van der Waals surface area contributed by atoms with Crippen molar-refractivity contribution >= 4 is 41.5 Å². The van der Waals surface area contributed by atoms with E-state index in [1.165, 1.54) is 24.3 Å². The number of amides is 5. The Kier molecular flexibility index (Phi) is 12.8. The molecular weight excluding hydrogens is 520 g/mol. The minimum Gasteiger partial charge on any atom is -0.508 e. The molecule has 0 fully saturated rings. The van der Waals surface area contributed by atoms with Crippen molar-refractivity contribution in [2.45, 2.75) is 62.7 Å². The average molecular weight is 553 g/mol. The van der Waals surface area contributed by atoms with Gasteiger partial charge in [0, 0.05) is 12.8 Å². The lowest BCUT2D eigenvalue weighted by molar-refractivity contribution is -0.143. The summed E-state index contributed by atoms with van der Waals surface area (Å²) in [6.07, 6.45) is -2.44. The molecule has 1 rings (SSSR count). The van der Waals surface area contributed by atoms with E-state index in [9.17, 15) is 48.9 Å². The van der Waals surface area contributed by atoms with E-state index in [0.717, 1.165) is 0 Å². The fraction of sp³-hybridized carbons (Fsp3) is 0.435. The maximum Gasteiger partial charge on any atom is 0.326 e. The van der Waals surface area contributed by atoms with Gasteiger partial charge in [-0.25, -0.2) is 4.79 Å². The van der Waals surface area contributed by atoms with Gasteiger partial charge in [-0.15, -0.1) is 0 Å². The van der Waals surface area contributed by atoms with Crippen LogP contribution < -0.4 is 33.2 Å². The van der Waals surface area contributed by atoms with Crippen molar-refractivity contribution in [1.82, 2.24) is 16.0 Å². The summed E-state index contributed by atoms with van der Waals surface area (Å²) in [6.45, 7) is 0. The lowest BCUT2D eigenvalue weighted by Crippen LogP contribution is -2.57. The lowest BCUT2D eigenvalue weighted by Gasteiger charge is -2.24. The van der Waals surface area contributed by atoms with Crippen LogP contribution in [0.15, 0.2) is 24.3 Å². The van der Waals surface area contributed by atoms with Crippen LogP contribution in [0.25, 0.3) is 0 Å². The molecule has 0 heterocycles. The third-order valence-electron chi connectivity index (χ3n) is 5.35. The Morgan fingerprint density at radius 2 is 1.18 bits per heavy atom. The van der Waals surface area contributed by atoms with Gasteiger partial charge in [0.2, 0.25) is 29.5 Å². The number of aromatic hydroxyl groups is 1. The molecule has 0 aliphatic carbocycles. The number of hydrogen-bond donors (Lipinski definition) is 9. The van der Waals surface area contributed by atoms with Crippen LogP contribution in [-0.4, -0.2) is 81.0 Å². The predicted octanol–water partition coefficient (Wildman–Crippen LogP) is -3.19. The highest BCUT2D eigenvalue weighted by atomic mass is 16.4. The van der Waals surface area contributed by atoms with Gasteiger partial charge in [0.05, 0.1) is 12.5 Å². The van der Waals surface area contributed by atoms with Crippen LogP contribution in [0.3, 0.4) is 0 Å². The summed E-state index contributed by atoms with van der Waals surface area (Å²) in [4.78, 5) is 83.3. The highest BCUT2D eigenvalue weighted by molar-refractivity contribution is 5.96. The van der Waals surface area contributed by atoms with Crippen molar-refractivity contribution in [3.8, 4) is 5.75 Å². The molecule has 39 heavy (non-hydrogen) atoms. The number of nitrogens with one attached hydrogen (secondary N) is 3. The summed E-state index contributed by atoms with van der Waals surface area (Å²) in [6, 6.07) is -0.255. The number of nitrogens with two attached hydrogens (primary N) is 3. The van der Waals surface area contributed by atoms with Crippen LogP contribution in [0.1, 0.15) is 37.7 Å². The third-order valence-corrected chi connectivity index (χ3v) is 5.35. The van der Waals surface area contributed by atoms with Crippen LogP contribution in [0.2, 0.25) is 0 Å². The van der Waals surface area contributed by atoms with Crippen molar-refractivity contribution in [3.63, 3.8) is 0 Å². The molecule has 4 atom stereocenters. The SMILES string of the molecule is NC(=O)CCC(NC(=O)C(CCC(N)=O)NC(=O)C(CC(=O)O)NC(=O)C(N)Cc1ccc(O)cc1)C(=O)O. The number of phenolic OH excluding ortho intramolecular Hbond substituents is 1. The summed E-state index contributed by atoms with van der Waals surface area (Å²) in [5.74, 6) is -7.72. The van der Waals surface area contributed by atoms with Crippen molar-refractivity contribution in [2.75, 3.05) is 0 Å². The van der Waals surface area contributed by atoms with E-state index in [0.29, 0.717) is 5.56 Å². The molecule has 0 aromatic heterocycles. The molecular formula is C23H32N6O10. The van der Waals surface area contributed by atoms with E-state index in [1.54, 1.807) is 0 Å². The van der Waals surface area contributed by atoms with Gasteiger partial charge in [-0.05, 0) is 37.0 Å². The minimum absolute atomic E-state index is 0.00700. The van der Waals surface area contributed by atoms with Crippen LogP contribution in [0.5, 0.6) is 5.75 Å². The number of hydrogen-bond acceptors (Lipinski definition) is 9. The zero-order chi connectivity index (χ0) is 29.7. The number of carboxylic acid groups (broad SMARTS) is 2. The number of carboxylic acids is 2. The highest BCUT2D eigenvalue weighted by Gasteiger charge is 2.31. The zero-order valence-electron chi connectivity index (χ0n) is 20.8. The molecule has 0 aliphatic heterocycles. The second-order valence-corrected chi connectivity index (χ2v) is 8.61. The monoisotopic (exact) mass is 552 g/mol. The highest BCUT2D eigenvalue weighted by Crippen LogP contribution is 2.11. The summed E-state index contributed by atoms with van der Waals surface area (Å²) < 4.78 is 0. The molecule has 4 unspecified atom stereocenters. The van der Waals surface area contributed by atoms with Gasteiger partial charge in [-0.2, -0.15) is 0 Å². The molecule has 16 nitrogen and oxygen atoms in total. The van der Waals surface area contributed by atoms with Crippen LogP contribution >= 0.6 is 0 Å². The summed E-state index contributed by atoms with van der Waals surface area (Å²) in [7, 11) is 0. The maximum atomic E-state index is 12.9. The number of primary amides is 2. The minimum atomic E-state index is -1.70. The first-order chi connectivity index (χ1) is 18.2. The number of carbonyl (C=O) groups is 7. The zero-order valence-corrected chi connectivity index (χ0v) is 20.8. The van der Waals surface area contributed by atoms with E-state index < -0.39 is 78.5 Å². The van der Waals surface area contributed by atoms with E-state index in [1.807, 2.05) is 0 Å². The number of carbonyl (C=O) groups excluding carboxylic acids is 5. The lowest BCUT2D eigenvalue weighted by atomic mass is 10.0. The Hall–Kier alpha value is -4.73. The standard InChI is InChI=1S/C23H32N6O10/c24-13(9-11-1-3-12(30)4-2-11)20(35)29-16(10-19(33)34)22(37)27-14(5-7-17(25)31)21(36)28-15(23(38)39)6-8-18(26)32/h1-4,13-16,30H,5-10,24H2,(H2,25,31)(H2,26,32)(H,27,37)(H,28,36)(H,29,35)(H,33,34)(H,38,39). The molecule has 0 spiro atoms. The molecule has 0 aliphatic rings. The predicted molar refractivity (Wildman–Crippen MR) is 132 cm³/mol. The van der Waals surface area contributed by atoms with Crippen molar-refractivity contribution in [3.05, 3.63) is 29.8 Å². The Morgan fingerprint density at radius 3 is 1.67 bits per heavy atom. The molecule has 0 bridgehead atoms. The Balaban J connectivity index is 3.01. The van der Waals surface area contributed by atoms with Crippen LogP contribution in [0.4, 0.5) is 0 Å². The number of rotatable bonds is 17. The van der Waals surface area contributed by atoms with Gasteiger partial charge in [-0.3, -0.25) is 28.8 Å². The fourth-order valence-corrected chi connectivity index (χ4v) is 3.29. The van der Waals surface area contributed by atoms with E-state index in [4.69, 9.17) is 17.2 Å². The third kappa shape index (κ3) is 12.4. The largest absolute Gasteiger partial charge is 0.508 e. The number of benzene rings is 1. The van der Waals surface area contributed by atoms with E-state index in [2.05, 4.69) is 16.0 Å². The first-order valence-corrected chi connectivity index (χ1v) is 11.6. The molecule has 0 saturated carbocycles. The Bertz CT molecular complexity index is 1080. The fourth-order valence-electron chi connectivity index (χ4n) is 3.29. The Morgan fingerprint density at radius 1 is 0.718 bits per heavy atom. The number of phenols is 1. The normalized spacial score (nSPS) is 13.7. The smallest absolute Gasteiger partial charge is 0.326 e. The van der Waals surface area contributed by atoms with E-state index in [-0.39, 0.29) is 31.4 Å². The summed E-state index contributed by atoms with van der Waals surface area (Å²) in [5.41, 5.74) is 16.6. The average Bonchev–Trinajstić information content (AvgIpc) is 2.84. The van der Waals surface area contributed by atoms with Gasteiger partial charge in [0.1, 0.15) is 23.9 Å². The van der Waals surface area contributed by atoms with Gasteiger partial charge in [-0.1, -0.05) is 12.1 Å². The van der Waals surface area contributed by atoms with Gasteiger partial charge < -0.3 is 48.5 Å². The summed E-state index contributed by atoms with van der Waals surface area (Å²) in [5, 5.41) is 34.4. The second-order valence-electron chi connectivity index (χ2n) is 8.61. The maximum absolute atomic E-state index is 12.9. The summed E-state index contributed by atoms with van der Waals surface area (Å²) >= 11 is 0. The topological polar surface area (TPSA) is 294 Å². The second kappa shape index (κ2) is 15.5. The van der Waals surface area contributed by atoms with Crippen molar-refractivity contribution in [1.29, 1.82) is 0 Å². The van der Waals surface area contributed by atoms with Crippen LogP contribution in [0, 0.1) is 0 Å². The number of aliphatic carboxylic acids is 2. The van der Waals surface area contributed by atoms with Gasteiger partial charge in [0.15, 0.2) is 0 Å². The van der Waals surface area contributed by atoms with Crippen LogP contribution in [-0.2, 0) is 40.0 Å². The molecule has 1 aromatic rings. The molecule has 214 valence electrons. The molecule has 12 N–H and O–H groups in total. The first kappa shape index (κ1) is 32.3. The first-order valence-electron chi connectivity index (χ1n) is 11.6. The molecule has 0 radical (unpaired) electrons. The molecule has 16 heteroatoms. The molecule has 1 aromatic carbocycles. The van der Waals surface area contributed by atoms with Gasteiger partial charge >= 0.3 is 11.9 Å². The molecule has 5 amide bonds. The van der Waals surface area contributed by atoms with Gasteiger partial charge in [0.25, 0.3) is 0 Å².